The van der Waals surface area contributed by atoms with Crippen LogP contribution in [-0.2, 0) is 17.9 Å². The van der Waals surface area contributed by atoms with Crippen LogP contribution in [0.4, 0.5) is 11.6 Å². The third kappa shape index (κ3) is 5.22. The predicted octanol–water partition coefficient (Wildman–Crippen LogP) is 3.13. The van der Waals surface area contributed by atoms with Crippen LogP contribution in [0.5, 0.6) is 0 Å². The van der Waals surface area contributed by atoms with Gasteiger partial charge in [-0.2, -0.15) is 4.98 Å². The van der Waals surface area contributed by atoms with Gasteiger partial charge in [-0.1, -0.05) is 30.7 Å². The first kappa shape index (κ1) is 24.1. The first-order valence-corrected chi connectivity index (χ1v) is 11.2. The van der Waals surface area contributed by atoms with E-state index in [9.17, 15) is 19.5 Å². The van der Waals surface area contributed by atoms with E-state index in [1.165, 1.54) is 11.5 Å². The molecule has 2 N–H and O–H groups in total. The van der Waals surface area contributed by atoms with E-state index in [-0.39, 0.29) is 19.0 Å². The van der Waals surface area contributed by atoms with Gasteiger partial charge in [0, 0.05) is 17.3 Å². The molecule has 1 atom stereocenters. The highest BCUT2D eigenvalue weighted by molar-refractivity contribution is 6.30. The number of halogens is 1. The molecule has 11 heteroatoms. The molecule has 0 bridgehead atoms. The average Bonchev–Trinajstić information content (AvgIpc) is 2.81. The molecule has 10 nitrogen and oxygen atoms in total. The lowest BCUT2D eigenvalue weighted by atomic mass is 10.2. The van der Waals surface area contributed by atoms with Crippen molar-refractivity contribution >= 4 is 40.2 Å². The maximum absolute atomic E-state index is 13.3. The Morgan fingerprint density at radius 3 is 2.31 bits per heavy atom. The molecule has 0 aliphatic heterocycles. The number of fused-ring (bicyclic) bond motifs is 1. The second-order valence-electron chi connectivity index (χ2n) is 8.29. The molecule has 0 unspecified atom stereocenters. The number of aliphatic carboxylic acids is 1. The van der Waals surface area contributed by atoms with E-state index in [0.717, 1.165) is 21.5 Å². The van der Waals surface area contributed by atoms with Crippen molar-refractivity contribution in [3.05, 3.63) is 85.4 Å². The van der Waals surface area contributed by atoms with Gasteiger partial charge in [0.25, 0.3) is 0 Å². The van der Waals surface area contributed by atoms with Crippen molar-refractivity contribution < 1.29 is 9.90 Å². The van der Waals surface area contributed by atoms with Gasteiger partial charge >= 0.3 is 17.3 Å². The van der Waals surface area contributed by atoms with E-state index in [0.29, 0.717) is 21.7 Å². The number of carboxylic acids is 1. The van der Waals surface area contributed by atoms with Gasteiger partial charge in [0.05, 0.1) is 34.9 Å². The Morgan fingerprint density at radius 1 is 1.00 bits per heavy atom. The van der Waals surface area contributed by atoms with E-state index in [1.54, 1.807) is 42.5 Å². The molecule has 2 heterocycles. The van der Waals surface area contributed by atoms with Crippen molar-refractivity contribution in [1.82, 2.24) is 24.1 Å². The maximum Gasteiger partial charge on any atom is 0.354 e. The Morgan fingerprint density at radius 2 is 1.66 bits per heavy atom. The van der Waals surface area contributed by atoms with Crippen LogP contribution in [0.3, 0.4) is 0 Å². The summed E-state index contributed by atoms with van der Waals surface area (Å²) in [6.45, 7) is 4.95. The Bertz CT molecular complexity index is 1550. The molecule has 2 aromatic carbocycles. The minimum atomic E-state index is -1.12. The highest BCUT2D eigenvalue weighted by Crippen LogP contribution is 2.20. The number of nitrogens with one attached hydrogen (secondary N) is 1. The fraction of sp³-hybridized carbons (Fsp3) is 0.250. The Labute approximate surface area is 204 Å². The number of rotatable bonds is 7. The number of nitrogens with zero attached hydrogens (tertiary/aromatic N) is 5. The minimum absolute atomic E-state index is 0.0188. The molecule has 0 radical (unpaired) electrons. The summed E-state index contributed by atoms with van der Waals surface area (Å²) in [4.78, 5) is 50.5. The Balaban J connectivity index is 1.80. The monoisotopic (exact) mass is 494 g/mol. The summed E-state index contributed by atoms with van der Waals surface area (Å²) in [5.74, 6) is -2.05. The summed E-state index contributed by atoms with van der Waals surface area (Å²) < 4.78 is 2.12. The van der Waals surface area contributed by atoms with Crippen LogP contribution in [-0.4, -0.2) is 35.2 Å². The summed E-state index contributed by atoms with van der Waals surface area (Å²) in [5, 5.41) is 12.8. The summed E-state index contributed by atoms with van der Waals surface area (Å²) >= 11 is 5.98. The van der Waals surface area contributed by atoms with Gasteiger partial charge in [-0.25, -0.2) is 24.1 Å². The lowest BCUT2D eigenvalue weighted by Gasteiger charge is -2.17. The average molecular weight is 495 g/mol. The molecule has 0 aliphatic carbocycles. The zero-order valence-electron chi connectivity index (χ0n) is 19.3. The van der Waals surface area contributed by atoms with E-state index < -0.39 is 23.3 Å². The Kier molecular flexibility index (Phi) is 6.65. The van der Waals surface area contributed by atoms with Crippen molar-refractivity contribution in [3.63, 3.8) is 0 Å². The number of hydrogen-bond donors (Lipinski definition) is 2. The van der Waals surface area contributed by atoms with Gasteiger partial charge in [-0.15, -0.1) is 0 Å². The van der Waals surface area contributed by atoms with Gasteiger partial charge < -0.3 is 10.4 Å². The molecule has 35 heavy (non-hydrogen) atoms. The van der Waals surface area contributed by atoms with Crippen LogP contribution in [0.1, 0.15) is 23.9 Å². The summed E-state index contributed by atoms with van der Waals surface area (Å²) in [6, 6.07) is 12.2. The van der Waals surface area contributed by atoms with Crippen LogP contribution < -0.4 is 16.7 Å². The predicted molar refractivity (Wildman–Crippen MR) is 132 cm³/mol. The molecule has 0 saturated carbocycles. The van der Waals surface area contributed by atoms with Crippen LogP contribution in [0.15, 0.2) is 52.1 Å². The normalized spacial score (nSPS) is 12.0. The third-order valence-electron chi connectivity index (χ3n) is 5.61. The smallest absolute Gasteiger partial charge is 0.354 e. The zero-order valence-corrected chi connectivity index (χ0v) is 20.1. The van der Waals surface area contributed by atoms with Crippen LogP contribution in [0.25, 0.3) is 11.0 Å². The summed E-state index contributed by atoms with van der Waals surface area (Å²) in [5.41, 5.74) is 2.76. The Hall–Kier alpha value is -4.05. The van der Waals surface area contributed by atoms with Gasteiger partial charge in [-0.3, -0.25) is 9.36 Å². The number of carbonyl (C=O) groups is 1. The van der Waals surface area contributed by atoms with Gasteiger partial charge in [0.2, 0.25) is 5.95 Å². The van der Waals surface area contributed by atoms with Crippen molar-refractivity contribution in [1.29, 1.82) is 0 Å². The van der Waals surface area contributed by atoms with Crippen LogP contribution in [0, 0.1) is 19.8 Å². The molecule has 0 saturated heterocycles. The topological polar surface area (TPSA) is 132 Å². The van der Waals surface area contributed by atoms with E-state index in [4.69, 9.17) is 11.6 Å². The lowest BCUT2D eigenvalue weighted by Crippen LogP contribution is -2.44. The van der Waals surface area contributed by atoms with E-state index >= 15 is 0 Å². The number of carboxylic acid groups (broad SMARTS) is 1. The number of aryl methyl sites for hydroxylation is 2. The zero-order chi connectivity index (χ0) is 25.3. The van der Waals surface area contributed by atoms with Crippen LogP contribution >= 0.6 is 11.6 Å². The number of anilines is 2. The van der Waals surface area contributed by atoms with Crippen molar-refractivity contribution in [3.8, 4) is 0 Å². The van der Waals surface area contributed by atoms with E-state index in [2.05, 4.69) is 20.3 Å². The standard InChI is InChI=1S/C24H23ClN6O4/c1-13(21(32)33)11-31-23(34)29-22(30(24(31)35)12-16-4-6-17(25)7-5-16)28-18-8-9-19-20(10-18)27-15(3)14(2)26-19/h4-10,13H,11-12H2,1-3H3,(H,32,33)(H,28,29,34)/t13-/m0/s1. The molecule has 0 amide bonds. The molecule has 4 aromatic rings. The molecule has 4 rings (SSSR count). The molecule has 180 valence electrons. The second kappa shape index (κ2) is 9.67. The quantitative estimate of drug-likeness (QED) is 0.400. The lowest BCUT2D eigenvalue weighted by molar-refractivity contribution is -0.141. The third-order valence-corrected chi connectivity index (χ3v) is 5.87. The summed E-state index contributed by atoms with van der Waals surface area (Å²) in [7, 11) is 0. The first-order valence-electron chi connectivity index (χ1n) is 10.8. The highest BCUT2D eigenvalue weighted by atomic mass is 35.5. The minimum Gasteiger partial charge on any atom is -0.481 e. The highest BCUT2D eigenvalue weighted by Gasteiger charge is 2.19. The molecule has 0 spiro atoms. The molecule has 0 aliphatic rings. The number of hydrogen-bond acceptors (Lipinski definition) is 7. The molecule has 2 aromatic heterocycles. The van der Waals surface area contributed by atoms with Gasteiger partial charge in [0.15, 0.2) is 0 Å². The van der Waals surface area contributed by atoms with Gasteiger partial charge in [-0.05, 0) is 49.7 Å². The number of benzene rings is 2. The van der Waals surface area contributed by atoms with Crippen molar-refractivity contribution in [2.45, 2.75) is 33.9 Å². The maximum atomic E-state index is 13.3. The molecular weight excluding hydrogens is 472 g/mol. The largest absolute Gasteiger partial charge is 0.481 e. The van der Waals surface area contributed by atoms with Gasteiger partial charge in [0.1, 0.15) is 0 Å². The van der Waals surface area contributed by atoms with Crippen LogP contribution in [0.2, 0.25) is 5.02 Å². The van der Waals surface area contributed by atoms with E-state index in [1.807, 2.05) is 13.8 Å². The van der Waals surface area contributed by atoms with Crippen molar-refractivity contribution in [2.24, 2.45) is 5.92 Å². The molecular formula is C24H23ClN6O4. The second-order valence-corrected chi connectivity index (χ2v) is 8.72. The first-order chi connectivity index (χ1) is 16.6. The molecule has 0 fully saturated rings. The summed E-state index contributed by atoms with van der Waals surface area (Å²) in [6.07, 6.45) is 0. The number of aromatic nitrogens is 5. The van der Waals surface area contributed by atoms with Crippen molar-refractivity contribution in [2.75, 3.05) is 5.32 Å². The SMILES string of the molecule is Cc1nc2ccc(Nc3nc(=O)n(C[C@H](C)C(=O)O)c(=O)n3Cc3ccc(Cl)cc3)cc2nc1C. The fourth-order valence-corrected chi connectivity index (χ4v) is 3.61. The fourth-order valence-electron chi connectivity index (χ4n) is 3.49.